The van der Waals surface area contributed by atoms with Crippen molar-refractivity contribution in [1.82, 2.24) is 10.3 Å². The molecule has 1 atom stereocenters. The second-order valence-corrected chi connectivity index (χ2v) is 6.80. The summed E-state index contributed by atoms with van der Waals surface area (Å²) in [5, 5.41) is 6.14. The second kappa shape index (κ2) is 6.48. The van der Waals surface area contributed by atoms with Gasteiger partial charge in [0.05, 0.1) is 10.7 Å². The van der Waals surface area contributed by atoms with Crippen molar-refractivity contribution in [2.45, 2.75) is 32.6 Å². The van der Waals surface area contributed by atoms with Crippen LogP contribution in [0.25, 0.3) is 0 Å². The summed E-state index contributed by atoms with van der Waals surface area (Å²) >= 11 is 1.65. The minimum Gasteiger partial charge on any atom is -0.337 e. The molecule has 2 amide bonds. The standard InChI is InChI=1S/C17H21N3OS/c1-12-8-10-20(16-6-4-3-5-15(12)16)17(21)18-9-7-14-11-22-13(2)19-14/h3-6,11-12H,7-10H2,1-2H3,(H,18,21). The summed E-state index contributed by atoms with van der Waals surface area (Å²) in [6.07, 6.45) is 1.79. The first-order valence-corrected chi connectivity index (χ1v) is 8.58. The Hall–Kier alpha value is -1.88. The van der Waals surface area contributed by atoms with E-state index in [0.717, 1.165) is 35.8 Å². The zero-order chi connectivity index (χ0) is 15.5. The number of carbonyl (C=O) groups excluding carboxylic acids is 1. The molecule has 0 fully saturated rings. The Morgan fingerprint density at radius 2 is 2.27 bits per heavy atom. The molecule has 2 aromatic rings. The number of hydrogen-bond acceptors (Lipinski definition) is 3. The molecule has 0 saturated heterocycles. The average Bonchev–Trinajstić information content (AvgIpc) is 2.93. The summed E-state index contributed by atoms with van der Waals surface area (Å²) in [5.41, 5.74) is 3.36. The molecule has 0 bridgehead atoms. The first kappa shape index (κ1) is 15.0. The quantitative estimate of drug-likeness (QED) is 0.938. The molecular formula is C17H21N3OS. The number of aromatic nitrogens is 1. The molecule has 1 aromatic heterocycles. The predicted octanol–water partition coefficient (Wildman–Crippen LogP) is 3.72. The predicted molar refractivity (Wildman–Crippen MR) is 90.8 cm³/mol. The fraction of sp³-hybridized carbons (Fsp3) is 0.412. The Bertz CT molecular complexity index is 667. The lowest BCUT2D eigenvalue weighted by molar-refractivity contribution is 0.245. The Kier molecular flexibility index (Phi) is 4.43. The Balaban J connectivity index is 1.62. The topological polar surface area (TPSA) is 45.2 Å². The largest absolute Gasteiger partial charge is 0.337 e. The highest BCUT2D eigenvalue weighted by atomic mass is 32.1. The van der Waals surface area contributed by atoms with Crippen LogP contribution in [0.5, 0.6) is 0 Å². The van der Waals surface area contributed by atoms with E-state index in [4.69, 9.17) is 0 Å². The molecule has 0 saturated carbocycles. The number of nitrogens with zero attached hydrogens (tertiary/aromatic N) is 2. The van der Waals surface area contributed by atoms with Gasteiger partial charge in [0.1, 0.15) is 0 Å². The molecule has 4 nitrogen and oxygen atoms in total. The van der Waals surface area contributed by atoms with Gasteiger partial charge in [-0.3, -0.25) is 4.90 Å². The molecule has 5 heteroatoms. The second-order valence-electron chi connectivity index (χ2n) is 5.74. The van der Waals surface area contributed by atoms with Crippen molar-refractivity contribution in [3.8, 4) is 0 Å². The number of carbonyl (C=O) groups is 1. The molecule has 22 heavy (non-hydrogen) atoms. The van der Waals surface area contributed by atoms with Gasteiger partial charge in [-0.25, -0.2) is 9.78 Å². The molecule has 116 valence electrons. The van der Waals surface area contributed by atoms with Crippen LogP contribution in [0.4, 0.5) is 10.5 Å². The number of anilines is 1. The maximum Gasteiger partial charge on any atom is 0.321 e. The summed E-state index contributed by atoms with van der Waals surface area (Å²) in [6, 6.07) is 8.19. The maximum atomic E-state index is 12.5. The van der Waals surface area contributed by atoms with Gasteiger partial charge in [0.25, 0.3) is 0 Å². The van der Waals surface area contributed by atoms with Crippen LogP contribution < -0.4 is 10.2 Å². The van der Waals surface area contributed by atoms with Gasteiger partial charge in [-0.1, -0.05) is 25.1 Å². The van der Waals surface area contributed by atoms with Gasteiger partial charge in [-0.2, -0.15) is 0 Å². The van der Waals surface area contributed by atoms with Crippen molar-refractivity contribution in [3.63, 3.8) is 0 Å². The summed E-state index contributed by atoms with van der Waals surface area (Å²) in [5.74, 6) is 0.512. The van der Waals surface area contributed by atoms with Crippen molar-refractivity contribution < 1.29 is 4.79 Å². The number of benzene rings is 1. The number of nitrogens with one attached hydrogen (secondary N) is 1. The van der Waals surface area contributed by atoms with E-state index < -0.39 is 0 Å². The number of thiazole rings is 1. The first-order chi connectivity index (χ1) is 10.6. The monoisotopic (exact) mass is 315 g/mol. The van der Waals surface area contributed by atoms with E-state index in [1.54, 1.807) is 11.3 Å². The number of hydrogen-bond donors (Lipinski definition) is 1. The highest BCUT2D eigenvalue weighted by Crippen LogP contribution is 2.34. The molecular weight excluding hydrogens is 294 g/mol. The van der Waals surface area contributed by atoms with Gasteiger partial charge in [0.15, 0.2) is 0 Å². The summed E-state index contributed by atoms with van der Waals surface area (Å²) < 4.78 is 0. The van der Waals surface area contributed by atoms with E-state index in [0.29, 0.717) is 12.5 Å². The van der Waals surface area contributed by atoms with Crippen LogP contribution in [0.3, 0.4) is 0 Å². The molecule has 1 aromatic carbocycles. The minimum atomic E-state index is -0.00805. The van der Waals surface area contributed by atoms with Crippen molar-refractivity contribution in [3.05, 3.63) is 45.9 Å². The molecule has 0 radical (unpaired) electrons. The highest BCUT2D eigenvalue weighted by molar-refractivity contribution is 7.09. The van der Waals surface area contributed by atoms with Crippen LogP contribution in [0.2, 0.25) is 0 Å². The number of aryl methyl sites for hydroxylation is 1. The number of amides is 2. The molecule has 2 heterocycles. The smallest absolute Gasteiger partial charge is 0.321 e. The van der Waals surface area contributed by atoms with E-state index in [-0.39, 0.29) is 6.03 Å². The number of fused-ring (bicyclic) bond motifs is 1. The average molecular weight is 315 g/mol. The highest BCUT2D eigenvalue weighted by Gasteiger charge is 2.25. The van der Waals surface area contributed by atoms with Crippen LogP contribution in [0, 0.1) is 6.92 Å². The number of para-hydroxylation sites is 1. The lowest BCUT2D eigenvalue weighted by Gasteiger charge is -2.32. The minimum absolute atomic E-state index is 0.00805. The third kappa shape index (κ3) is 3.14. The van der Waals surface area contributed by atoms with E-state index in [1.807, 2.05) is 30.0 Å². The van der Waals surface area contributed by atoms with Crippen molar-refractivity contribution in [2.75, 3.05) is 18.0 Å². The van der Waals surface area contributed by atoms with Gasteiger partial charge in [-0.05, 0) is 30.9 Å². The molecule has 0 spiro atoms. The number of rotatable bonds is 3. The van der Waals surface area contributed by atoms with Crippen LogP contribution in [0.15, 0.2) is 29.6 Å². The zero-order valence-corrected chi connectivity index (χ0v) is 13.8. The van der Waals surface area contributed by atoms with E-state index >= 15 is 0 Å². The zero-order valence-electron chi connectivity index (χ0n) is 13.0. The maximum absolute atomic E-state index is 12.5. The summed E-state index contributed by atoms with van der Waals surface area (Å²) in [7, 11) is 0. The fourth-order valence-electron chi connectivity index (χ4n) is 2.88. The van der Waals surface area contributed by atoms with Gasteiger partial charge in [0, 0.05) is 30.6 Å². The molecule has 0 aliphatic carbocycles. The molecule has 1 N–H and O–H groups in total. The van der Waals surface area contributed by atoms with Gasteiger partial charge >= 0.3 is 6.03 Å². The van der Waals surface area contributed by atoms with E-state index in [2.05, 4.69) is 28.7 Å². The molecule has 1 unspecified atom stereocenters. The normalized spacial score (nSPS) is 17.2. The lowest BCUT2D eigenvalue weighted by Crippen LogP contribution is -2.43. The van der Waals surface area contributed by atoms with Crippen LogP contribution in [-0.2, 0) is 6.42 Å². The first-order valence-electron chi connectivity index (χ1n) is 7.70. The third-order valence-corrected chi connectivity index (χ3v) is 4.94. The van der Waals surface area contributed by atoms with Gasteiger partial charge in [-0.15, -0.1) is 11.3 Å². The number of urea groups is 1. The third-order valence-electron chi connectivity index (χ3n) is 4.11. The van der Waals surface area contributed by atoms with Crippen molar-refractivity contribution in [2.24, 2.45) is 0 Å². The van der Waals surface area contributed by atoms with Crippen LogP contribution in [0.1, 0.15) is 35.5 Å². The van der Waals surface area contributed by atoms with Gasteiger partial charge < -0.3 is 5.32 Å². The summed E-state index contributed by atoms with van der Waals surface area (Å²) in [6.45, 7) is 5.62. The van der Waals surface area contributed by atoms with E-state index in [1.165, 1.54) is 5.56 Å². The molecule has 3 rings (SSSR count). The van der Waals surface area contributed by atoms with Crippen LogP contribution in [-0.4, -0.2) is 24.1 Å². The Morgan fingerprint density at radius 3 is 3.05 bits per heavy atom. The molecule has 1 aliphatic heterocycles. The van der Waals surface area contributed by atoms with E-state index in [9.17, 15) is 4.79 Å². The van der Waals surface area contributed by atoms with Crippen molar-refractivity contribution in [1.29, 1.82) is 0 Å². The van der Waals surface area contributed by atoms with Crippen LogP contribution >= 0.6 is 11.3 Å². The Morgan fingerprint density at radius 1 is 1.45 bits per heavy atom. The fourth-order valence-corrected chi connectivity index (χ4v) is 3.52. The van der Waals surface area contributed by atoms with Gasteiger partial charge in [0.2, 0.25) is 0 Å². The summed E-state index contributed by atoms with van der Waals surface area (Å²) in [4.78, 5) is 18.7. The van der Waals surface area contributed by atoms with Crippen molar-refractivity contribution >= 4 is 23.1 Å². The lowest BCUT2D eigenvalue weighted by atomic mass is 9.92. The Labute approximate surface area is 135 Å². The SMILES string of the molecule is Cc1nc(CCNC(=O)N2CCC(C)c3ccccc32)cs1. The molecule has 1 aliphatic rings.